The fourth-order valence-electron chi connectivity index (χ4n) is 2.51. The van der Waals surface area contributed by atoms with Crippen LogP contribution in [0.4, 0.5) is 5.13 Å². The Kier molecular flexibility index (Phi) is 6.70. The minimum absolute atomic E-state index is 0.0223. The number of hydrogen-bond acceptors (Lipinski definition) is 5. The molecule has 2 aromatic rings. The van der Waals surface area contributed by atoms with Crippen molar-refractivity contribution in [2.24, 2.45) is 5.92 Å². The molecule has 0 unspecified atom stereocenters. The number of aromatic nitrogens is 2. The zero-order chi connectivity index (χ0) is 20.2. The van der Waals surface area contributed by atoms with Gasteiger partial charge >= 0.3 is 0 Å². The molecule has 1 atom stereocenters. The molecule has 0 radical (unpaired) electrons. The van der Waals surface area contributed by atoms with Gasteiger partial charge in [-0.25, -0.2) is 0 Å². The Bertz CT molecular complexity index is 791. The van der Waals surface area contributed by atoms with Crippen molar-refractivity contribution in [2.75, 3.05) is 5.32 Å². The summed E-state index contributed by atoms with van der Waals surface area (Å²) in [6, 6.07) is 6.83. The molecule has 0 aliphatic rings. The topological polar surface area (TPSA) is 84.0 Å². The highest BCUT2D eigenvalue weighted by atomic mass is 32.1. The lowest BCUT2D eigenvalue weighted by atomic mass is 9.86. The van der Waals surface area contributed by atoms with Crippen molar-refractivity contribution in [1.82, 2.24) is 15.5 Å². The molecule has 7 heteroatoms. The van der Waals surface area contributed by atoms with E-state index in [9.17, 15) is 9.59 Å². The van der Waals surface area contributed by atoms with E-state index in [2.05, 4.69) is 41.6 Å². The summed E-state index contributed by atoms with van der Waals surface area (Å²) < 4.78 is 0. The van der Waals surface area contributed by atoms with Crippen molar-refractivity contribution in [3.05, 3.63) is 40.4 Å². The second-order valence-electron chi connectivity index (χ2n) is 7.87. The molecule has 0 fully saturated rings. The molecule has 0 saturated carbocycles. The maximum absolute atomic E-state index is 12.6. The van der Waals surface area contributed by atoms with Crippen LogP contribution in [0.25, 0.3) is 0 Å². The zero-order valence-corrected chi connectivity index (χ0v) is 17.6. The largest absolute Gasteiger partial charge is 0.340 e. The SMILES string of the molecule is CCc1nnc(NC(=O)[C@H](NC(=O)c2ccc(C(C)(C)C)cc2)C(C)C)s1. The second kappa shape index (κ2) is 8.61. The minimum atomic E-state index is -0.659. The van der Waals surface area contributed by atoms with Gasteiger partial charge in [0.2, 0.25) is 11.0 Å². The van der Waals surface area contributed by atoms with E-state index in [1.165, 1.54) is 11.3 Å². The lowest BCUT2D eigenvalue weighted by Crippen LogP contribution is -2.47. The number of carbonyl (C=O) groups is 2. The summed E-state index contributed by atoms with van der Waals surface area (Å²) in [5.41, 5.74) is 1.71. The highest BCUT2D eigenvalue weighted by molar-refractivity contribution is 7.15. The Labute approximate surface area is 164 Å². The van der Waals surface area contributed by atoms with Gasteiger partial charge < -0.3 is 5.32 Å². The van der Waals surface area contributed by atoms with Gasteiger partial charge in [0.25, 0.3) is 5.91 Å². The molecule has 0 bridgehead atoms. The first kappa shape index (κ1) is 21.0. The number of nitrogens with zero attached hydrogens (tertiary/aromatic N) is 2. The Morgan fingerprint density at radius 1 is 1.11 bits per heavy atom. The van der Waals surface area contributed by atoms with Crippen molar-refractivity contribution in [1.29, 1.82) is 0 Å². The monoisotopic (exact) mass is 388 g/mol. The van der Waals surface area contributed by atoms with E-state index in [1.54, 1.807) is 12.1 Å². The van der Waals surface area contributed by atoms with Gasteiger partial charge in [0, 0.05) is 5.56 Å². The van der Waals surface area contributed by atoms with Crippen molar-refractivity contribution in [2.45, 2.75) is 59.4 Å². The lowest BCUT2D eigenvalue weighted by Gasteiger charge is -2.22. The molecule has 6 nitrogen and oxygen atoms in total. The number of nitrogens with one attached hydrogen (secondary N) is 2. The van der Waals surface area contributed by atoms with Gasteiger partial charge in [-0.1, -0.05) is 65.0 Å². The van der Waals surface area contributed by atoms with Crippen LogP contribution in [-0.2, 0) is 16.6 Å². The summed E-state index contributed by atoms with van der Waals surface area (Å²) in [7, 11) is 0. The smallest absolute Gasteiger partial charge is 0.251 e. The van der Waals surface area contributed by atoms with E-state index in [1.807, 2.05) is 32.9 Å². The van der Waals surface area contributed by atoms with Crippen LogP contribution in [0.3, 0.4) is 0 Å². The third-order valence-corrected chi connectivity index (χ3v) is 5.23. The molecular weight excluding hydrogens is 360 g/mol. The third-order valence-electron chi connectivity index (χ3n) is 4.25. The molecule has 2 rings (SSSR count). The van der Waals surface area contributed by atoms with E-state index in [4.69, 9.17) is 0 Å². The average molecular weight is 389 g/mol. The van der Waals surface area contributed by atoms with Crippen LogP contribution in [0.15, 0.2) is 24.3 Å². The van der Waals surface area contributed by atoms with Crippen LogP contribution in [-0.4, -0.2) is 28.1 Å². The Hall–Kier alpha value is -2.28. The number of anilines is 1. The maximum Gasteiger partial charge on any atom is 0.251 e. The normalized spacial score (nSPS) is 12.7. The van der Waals surface area contributed by atoms with Crippen LogP contribution in [0.5, 0.6) is 0 Å². The van der Waals surface area contributed by atoms with E-state index >= 15 is 0 Å². The fraction of sp³-hybridized carbons (Fsp3) is 0.500. The molecule has 146 valence electrons. The second-order valence-corrected chi connectivity index (χ2v) is 8.93. The maximum atomic E-state index is 12.6. The highest BCUT2D eigenvalue weighted by Crippen LogP contribution is 2.22. The van der Waals surface area contributed by atoms with Gasteiger partial charge in [0.15, 0.2) is 0 Å². The first-order valence-electron chi connectivity index (χ1n) is 9.16. The molecule has 27 heavy (non-hydrogen) atoms. The molecule has 2 amide bonds. The molecule has 2 N–H and O–H groups in total. The number of hydrogen-bond donors (Lipinski definition) is 2. The lowest BCUT2D eigenvalue weighted by molar-refractivity contribution is -0.118. The van der Waals surface area contributed by atoms with E-state index in [0.29, 0.717) is 10.7 Å². The van der Waals surface area contributed by atoms with Gasteiger partial charge in [0.05, 0.1) is 0 Å². The summed E-state index contributed by atoms with van der Waals surface area (Å²) in [6.45, 7) is 12.1. The average Bonchev–Trinajstić information content (AvgIpc) is 3.06. The van der Waals surface area contributed by atoms with Gasteiger partial charge in [-0.2, -0.15) is 0 Å². The molecule has 0 aliphatic carbocycles. The van der Waals surface area contributed by atoms with Crippen molar-refractivity contribution >= 4 is 28.3 Å². The Balaban J connectivity index is 2.08. The number of amides is 2. The van der Waals surface area contributed by atoms with E-state index < -0.39 is 6.04 Å². The number of rotatable bonds is 6. The predicted molar refractivity (Wildman–Crippen MR) is 109 cm³/mol. The number of aryl methyl sites for hydroxylation is 1. The van der Waals surface area contributed by atoms with Crippen molar-refractivity contribution in [3.63, 3.8) is 0 Å². The van der Waals surface area contributed by atoms with Crippen LogP contribution in [0.2, 0.25) is 0 Å². The third kappa shape index (κ3) is 5.60. The molecule has 1 aromatic heterocycles. The zero-order valence-electron chi connectivity index (χ0n) is 16.8. The fourth-order valence-corrected chi connectivity index (χ4v) is 3.19. The summed E-state index contributed by atoms with van der Waals surface area (Å²) in [4.78, 5) is 25.2. The summed E-state index contributed by atoms with van der Waals surface area (Å²) in [6.07, 6.45) is 0.766. The Morgan fingerprint density at radius 3 is 2.22 bits per heavy atom. The quantitative estimate of drug-likeness (QED) is 0.788. The van der Waals surface area contributed by atoms with Gasteiger partial charge in [0.1, 0.15) is 11.0 Å². The molecule has 1 aromatic carbocycles. The van der Waals surface area contributed by atoms with Crippen molar-refractivity contribution < 1.29 is 9.59 Å². The van der Waals surface area contributed by atoms with Gasteiger partial charge in [-0.05, 0) is 35.4 Å². The Morgan fingerprint density at radius 2 is 1.74 bits per heavy atom. The van der Waals surface area contributed by atoms with E-state index in [-0.39, 0.29) is 23.1 Å². The summed E-state index contributed by atoms with van der Waals surface area (Å²) in [5, 5.41) is 14.9. The molecule has 0 spiro atoms. The predicted octanol–water partition coefficient (Wildman–Crippen LogP) is 3.79. The first-order valence-corrected chi connectivity index (χ1v) is 9.98. The van der Waals surface area contributed by atoms with Gasteiger partial charge in [-0.15, -0.1) is 10.2 Å². The molecule has 1 heterocycles. The summed E-state index contributed by atoms with van der Waals surface area (Å²) in [5.74, 6) is -0.624. The molecule has 0 saturated heterocycles. The minimum Gasteiger partial charge on any atom is -0.340 e. The standard InChI is InChI=1S/C20H28N4O2S/c1-7-15-23-24-19(27-15)22-18(26)16(12(2)3)21-17(25)13-8-10-14(11-9-13)20(4,5)6/h8-12,16H,7H2,1-6H3,(H,21,25)(H,22,24,26)/t16-/m1/s1. The van der Waals surface area contributed by atoms with Crippen LogP contribution in [0.1, 0.15) is 62.5 Å². The van der Waals surface area contributed by atoms with Crippen LogP contribution >= 0.6 is 11.3 Å². The number of carbonyl (C=O) groups excluding carboxylic acids is 2. The summed E-state index contributed by atoms with van der Waals surface area (Å²) >= 11 is 1.34. The molecule has 0 aliphatic heterocycles. The number of benzene rings is 1. The van der Waals surface area contributed by atoms with E-state index in [0.717, 1.165) is 17.0 Å². The highest BCUT2D eigenvalue weighted by Gasteiger charge is 2.26. The van der Waals surface area contributed by atoms with Crippen molar-refractivity contribution in [3.8, 4) is 0 Å². The molecular formula is C20H28N4O2S. The first-order chi connectivity index (χ1) is 12.6. The van der Waals surface area contributed by atoms with Gasteiger partial charge in [-0.3, -0.25) is 14.9 Å². The van der Waals surface area contributed by atoms with Crippen LogP contribution < -0.4 is 10.6 Å². The van der Waals surface area contributed by atoms with Crippen LogP contribution in [0, 0.1) is 5.92 Å².